The van der Waals surface area contributed by atoms with Crippen LogP contribution in [0.5, 0.6) is 0 Å². The molecule has 2 rings (SSSR count). The van der Waals surface area contributed by atoms with Crippen molar-refractivity contribution < 1.29 is 4.79 Å². The van der Waals surface area contributed by atoms with Crippen LogP contribution in [0.2, 0.25) is 0 Å². The second-order valence-electron chi connectivity index (χ2n) is 5.32. The van der Waals surface area contributed by atoms with Crippen LogP contribution in [0.1, 0.15) is 37.7 Å². The number of rotatable bonds is 7. The number of hydrogen-bond donors (Lipinski definition) is 2. The lowest BCUT2D eigenvalue weighted by molar-refractivity contribution is -0.121. The quantitative estimate of drug-likeness (QED) is 0.749. The molecule has 0 aromatic heterocycles. The Bertz CT molecular complexity index is 422. The van der Waals surface area contributed by atoms with Gasteiger partial charge in [-0.05, 0) is 18.4 Å². The second-order valence-corrected chi connectivity index (χ2v) is 5.32. The summed E-state index contributed by atoms with van der Waals surface area (Å²) in [7, 11) is 0. The summed E-state index contributed by atoms with van der Waals surface area (Å²) in [5, 5.41) is 6.36. The van der Waals surface area contributed by atoms with Crippen LogP contribution >= 0.6 is 0 Å². The molecule has 1 aliphatic rings. The molecule has 108 valence electrons. The molecule has 1 aromatic carbocycles. The Morgan fingerprint density at radius 1 is 1.20 bits per heavy atom. The van der Waals surface area contributed by atoms with E-state index in [0.717, 1.165) is 25.9 Å². The third-order valence-electron chi connectivity index (χ3n) is 3.62. The minimum absolute atomic E-state index is 0.177. The zero-order chi connectivity index (χ0) is 14.0. The zero-order valence-electron chi connectivity index (χ0n) is 12.0. The van der Waals surface area contributed by atoms with Crippen LogP contribution in [-0.4, -0.2) is 25.0 Å². The maximum atomic E-state index is 11.7. The fraction of sp³-hybridized carbons (Fsp3) is 0.471. The van der Waals surface area contributed by atoms with Crippen molar-refractivity contribution >= 4 is 12.0 Å². The van der Waals surface area contributed by atoms with Crippen molar-refractivity contribution in [1.82, 2.24) is 10.6 Å². The summed E-state index contributed by atoms with van der Waals surface area (Å²) >= 11 is 0. The van der Waals surface area contributed by atoms with Gasteiger partial charge in [0.2, 0.25) is 5.91 Å². The van der Waals surface area contributed by atoms with Crippen molar-refractivity contribution in [3.63, 3.8) is 0 Å². The van der Waals surface area contributed by atoms with Crippen molar-refractivity contribution in [3.8, 4) is 0 Å². The molecular weight excluding hydrogens is 248 g/mol. The molecule has 1 fully saturated rings. The van der Waals surface area contributed by atoms with Gasteiger partial charge < -0.3 is 10.6 Å². The van der Waals surface area contributed by atoms with E-state index in [1.165, 1.54) is 18.4 Å². The van der Waals surface area contributed by atoms with Crippen molar-refractivity contribution in [1.29, 1.82) is 0 Å². The Balaban J connectivity index is 1.53. The average molecular weight is 272 g/mol. The number of amides is 1. The van der Waals surface area contributed by atoms with Crippen LogP contribution < -0.4 is 10.6 Å². The van der Waals surface area contributed by atoms with Crippen LogP contribution in [0, 0.1) is 0 Å². The molecule has 1 amide bonds. The first-order valence-electron chi connectivity index (χ1n) is 7.56. The van der Waals surface area contributed by atoms with Gasteiger partial charge in [0.1, 0.15) is 0 Å². The highest BCUT2D eigenvalue weighted by molar-refractivity contribution is 5.76. The molecule has 0 aliphatic heterocycles. The van der Waals surface area contributed by atoms with E-state index in [0.29, 0.717) is 12.5 Å². The average Bonchev–Trinajstić information content (AvgIpc) is 2.96. The van der Waals surface area contributed by atoms with Gasteiger partial charge in [0, 0.05) is 25.6 Å². The molecule has 0 spiro atoms. The van der Waals surface area contributed by atoms with E-state index in [9.17, 15) is 4.79 Å². The minimum Gasteiger partial charge on any atom is -0.353 e. The summed E-state index contributed by atoms with van der Waals surface area (Å²) in [6, 6.07) is 10.6. The SMILES string of the molecule is O=C(CCNC/C=C\c1ccccc1)NC1CCCC1. The van der Waals surface area contributed by atoms with Crippen LogP contribution in [0.4, 0.5) is 0 Å². The molecule has 1 aliphatic carbocycles. The highest BCUT2D eigenvalue weighted by atomic mass is 16.1. The highest BCUT2D eigenvalue weighted by Crippen LogP contribution is 2.17. The van der Waals surface area contributed by atoms with Gasteiger partial charge in [0.25, 0.3) is 0 Å². The fourth-order valence-corrected chi connectivity index (χ4v) is 2.52. The summed E-state index contributed by atoms with van der Waals surface area (Å²) in [5.74, 6) is 0.177. The molecule has 2 N–H and O–H groups in total. The molecule has 3 nitrogen and oxygen atoms in total. The van der Waals surface area contributed by atoms with E-state index in [4.69, 9.17) is 0 Å². The van der Waals surface area contributed by atoms with E-state index in [2.05, 4.69) is 34.9 Å². The zero-order valence-corrected chi connectivity index (χ0v) is 12.0. The number of benzene rings is 1. The molecule has 1 aromatic rings. The Labute approximate surface area is 121 Å². The Morgan fingerprint density at radius 3 is 2.70 bits per heavy atom. The van der Waals surface area contributed by atoms with E-state index in [1.807, 2.05) is 18.2 Å². The predicted octanol–water partition coefficient (Wildman–Crippen LogP) is 2.74. The highest BCUT2D eigenvalue weighted by Gasteiger charge is 2.16. The Morgan fingerprint density at radius 2 is 1.95 bits per heavy atom. The lowest BCUT2D eigenvalue weighted by Crippen LogP contribution is -2.34. The number of carbonyl (C=O) groups is 1. The number of carbonyl (C=O) groups excluding carboxylic acids is 1. The molecule has 1 saturated carbocycles. The first kappa shape index (κ1) is 14.8. The first-order valence-corrected chi connectivity index (χ1v) is 7.56. The normalized spacial score (nSPS) is 15.8. The second kappa shape index (κ2) is 8.54. The van der Waals surface area contributed by atoms with Gasteiger partial charge in [-0.25, -0.2) is 0 Å². The molecule has 0 saturated heterocycles. The summed E-state index contributed by atoms with van der Waals surface area (Å²) in [6.45, 7) is 1.53. The molecule has 3 heteroatoms. The van der Waals surface area contributed by atoms with Crippen molar-refractivity contribution in [2.45, 2.75) is 38.1 Å². The van der Waals surface area contributed by atoms with E-state index >= 15 is 0 Å². The van der Waals surface area contributed by atoms with Crippen molar-refractivity contribution in [2.24, 2.45) is 0 Å². The lowest BCUT2D eigenvalue weighted by atomic mass is 10.2. The predicted molar refractivity (Wildman–Crippen MR) is 83.4 cm³/mol. The van der Waals surface area contributed by atoms with E-state index in [1.54, 1.807) is 0 Å². The van der Waals surface area contributed by atoms with Crippen LogP contribution in [0.25, 0.3) is 6.08 Å². The van der Waals surface area contributed by atoms with Gasteiger partial charge in [-0.2, -0.15) is 0 Å². The lowest BCUT2D eigenvalue weighted by Gasteiger charge is -2.11. The van der Waals surface area contributed by atoms with Gasteiger partial charge in [-0.1, -0.05) is 55.3 Å². The maximum absolute atomic E-state index is 11.7. The topological polar surface area (TPSA) is 41.1 Å². The standard InChI is InChI=1S/C17H24N2O/c20-17(19-16-10-4-5-11-16)12-14-18-13-6-9-15-7-2-1-3-8-15/h1-3,6-9,16,18H,4-5,10-14H2,(H,19,20)/b9-6-. The molecule has 0 unspecified atom stereocenters. The van der Waals surface area contributed by atoms with Gasteiger partial charge in [-0.3, -0.25) is 4.79 Å². The maximum Gasteiger partial charge on any atom is 0.221 e. The largest absolute Gasteiger partial charge is 0.353 e. The van der Waals surface area contributed by atoms with E-state index < -0.39 is 0 Å². The smallest absolute Gasteiger partial charge is 0.221 e. The Hall–Kier alpha value is -1.61. The van der Waals surface area contributed by atoms with Gasteiger partial charge >= 0.3 is 0 Å². The van der Waals surface area contributed by atoms with Crippen LogP contribution in [0.15, 0.2) is 36.4 Å². The van der Waals surface area contributed by atoms with Crippen LogP contribution in [0.3, 0.4) is 0 Å². The van der Waals surface area contributed by atoms with Gasteiger partial charge in [-0.15, -0.1) is 0 Å². The fourth-order valence-electron chi connectivity index (χ4n) is 2.52. The molecule has 0 atom stereocenters. The minimum atomic E-state index is 0.177. The Kier molecular flexibility index (Phi) is 6.32. The molecule has 20 heavy (non-hydrogen) atoms. The summed E-state index contributed by atoms with van der Waals surface area (Å²) in [4.78, 5) is 11.7. The molecule has 0 heterocycles. The summed E-state index contributed by atoms with van der Waals surface area (Å²) < 4.78 is 0. The third-order valence-corrected chi connectivity index (χ3v) is 3.62. The summed E-state index contributed by atoms with van der Waals surface area (Å²) in [5.41, 5.74) is 1.20. The third kappa shape index (κ3) is 5.57. The van der Waals surface area contributed by atoms with Gasteiger partial charge in [0.05, 0.1) is 0 Å². The molecule has 0 bridgehead atoms. The monoisotopic (exact) mass is 272 g/mol. The first-order chi connectivity index (χ1) is 9.84. The summed E-state index contributed by atoms with van der Waals surface area (Å²) in [6.07, 6.45) is 9.56. The van der Waals surface area contributed by atoms with Crippen molar-refractivity contribution in [3.05, 3.63) is 42.0 Å². The van der Waals surface area contributed by atoms with Crippen LogP contribution in [-0.2, 0) is 4.79 Å². The van der Waals surface area contributed by atoms with E-state index in [-0.39, 0.29) is 5.91 Å². The number of hydrogen-bond acceptors (Lipinski definition) is 2. The van der Waals surface area contributed by atoms with Gasteiger partial charge in [0.15, 0.2) is 0 Å². The van der Waals surface area contributed by atoms with Crippen molar-refractivity contribution in [2.75, 3.05) is 13.1 Å². The molecule has 0 radical (unpaired) electrons. The number of nitrogens with one attached hydrogen (secondary N) is 2. The molecular formula is C17H24N2O.